The van der Waals surface area contributed by atoms with Crippen molar-refractivity contribution in [3.63, 3.8) is 0 Å². The van der Waals surface area contributed by atoms with Gasteiger partial charge in [0.05, 0.1) is 26.3 Å². The summed E-state index contributed by atoms with van der Waals surface area (Å²) in [4.78, 5) is 29.8. The molecule has 0 fully saturated rings. The first-order valence-electron chi connectivity index (χ1n) is 10.3. The largest absolute Gasteiger partial charge is 0.493 e. The summed E-state index contributed by atoms with van der Waals surface area (Å²) in [6, 6.07) is 20.4. The third-order valence-corrected chi connectivity index (χ3v) is 5.58. The lowest BCUT2D eigenvalue weighted by molar-refractivity contribution is -0.137. The molecule has 0 bridgehead atoms. The Morgan fingerprint density at radius 2 is 1.52 bits per heavy atom. The molecule has 1 aliphatic heterocycles. The number of carbonyl (C=O) groups is 2. The molecule has 0 saturated heterocycles. The van der Waals surface area contributed by atoms with Crippen LogP contribution in [0.3, 0.4) is 0 Å². The fourth-order valence-corrected chi connectivity index (χ4v) is 3.85. The van der Waals surface area contributed by atoms with Crippen molar-refractivity contribution in [1.82, 2.24) is 4.90 Å². The highest BCUT2D eigenvalue weighted by atomic mass is 19.1. The van der Waals surface area contributed by atoms with E-state index in [1.54, 1.807) is 48.3 Å². The number of hydrogen-bond donors (Lipinski definition) is 0. The number of carbonyl (C=O) groups excluding carboxylic acids is 2. The fourth-order valence-electron chi connectivity index (χ4n) is 3.85. The number of amides is 2. The quantitative estimate of drug-likeness (QED) is 0.508. The lowest BCUT2D eigenvalue weighted by Crippen LogP contribution is -2.34. The average Bonchev–Trinajstić information content (AvgIpc) is 3.09. The van der Waals surface area contributed by atoms with Crippen LogP contribution < -0.4 is 14.4 Å². The molecule has 7 heteroatoms. The standard InChI is InChI=1S/C26H23FN2O4/c1-28(19-10-5-4-6-11-19)24-23(17-13-14-21(32-2)22(15-17)33-3)25(30)29(26(24)31)16-18-9-7-8-12-20(18)27/h4-15H,16H2,1-3H3. The molecule has 6 nitrogen and oxygen atoms in total. The first kappa shape index (κ1) is 22.1. The molecule has 1 heterocycles. The summed E-state index contributed by atoms with van der Waals surface area (Å²) in [6.07, 6.45) is 0. The number of hydrogen-bond acceptors (Lipinski definition) is 5. The van der Waals surface area contributed by atoms with Gasteiger partial charge in [-0.3, -0.25) is 14.5 Å². The number of nitrogens with zero attached hydrogens (tertiary/aromatic N) is 2. The second kappa shape index (κ2) is 9.16. The van der Waals surface area contributed by atoms with Gasteiger partial charge in [-0.25, -0.2) is 4.39 Å². The van der Waals surface area contributed by atoms with Gasteiger partial charge in [0.15, 0.2) is 11.5 Å². The fraction of sp³-hybridized carbons (Fsp3) is 0.154. The Hall–Kier alpha value is -4.13. The molecule has 0 saturated carbocycles. The zero-order chi connectivity index (χ0) is 23.5. The predicted octanol–water partition coefficient (Wildman–Crippen LogP) is 4.26. The van der Waals surface area contributed by atoms with Crippen molar-refractivity contribution in [2.45, 2.75) is 6.54 Å². The van der Waals surface area contributed by atoms with Gasteiger partial charge in [-0.05, 0) is 35.9 Å². The van der Waals surface area contributed by atoms with Crippen LogP contribution in [-0.2, 0) is 16.1 Å². The Kier molecular flexibility index (Phi) is 6.13. The molecule has 0 spiro atoms. The molecule has 0 atom stereocenters. The van der Waals surface area contributed by atoms with Crippen molar-refractivity contribution in [3.05, 3.63) is 95.4 Å². The molecule has 3 aromatic rings. The minimum atomic E-state index is -0.506. The van der Waals surface area contributed by atoms with E-state index in [1.807, 2.05) is 30.3 Å². The number of methoxy groups -OCH3 is 2. The predicted molar refractivity (Wildman–Crippen MR) is 123 cm³/mol. The summed E-state index contributed by atoms with van der Waals surface area (Å²) in [5, 5.41) is 0. The number of para-hydroxylation sites is 1. The van der Waals surface area contributed by atoms with Gasteiger partial charge in [-0.1, -0.05) is 42.5 Å². The van der Waals surface area contributed by atoms with Gasteiger partial charge in [0.25, 0.3) is 11.8 Å². The van der Waals surface area contributed by atoms with E-state index in [1.165, 1.54) is 20.3 Å². The van der Waals surface area contributed by atoms with Crippen molar-refractivity contribution < 1.29 is 23.5 Å². The van der Waals surface area contributed by atoms with Crippen LogP contribution in [0.4, 0.5) is 10.1 Å². The van der Waals surface area contributed by atoms with E-state index in [0.717, 1.165) is 10.6 Å². The number of ether oxygens (including phenoxy) is 2. The maximum Gasteiger partial charge on any atom is 0.278 e. The Bertz CT molecular complexity index is 1240. The van der Waals surface area contributed by atoms with Crippen molar-refractivity contribution >= 4 is 23.1 Å². The van der Waals surface area contributed by atoms with Crippen LogP contribution in [0.2, 0.25) is 0 Å². The molecule has 0 aliphatic carbocycles. The van der Waals surface area contributed by atoms with Gasteiger partial charge in [0, 0.05) is 18.3 Å². The second-order valence-electron chi connectivity index (χ2n) is 7.48. The first-order valence-corrected chi connectivity index (χ1v) is 10.3. The van der Waals surface area contributed by atoms with Crippen molar-refractivity contribution in [2.75, 3.05) is 26.2 Å². The van der Waals surface area contributed by atoms with E-state index in [-0.39, 0.29) is 23.4 Å². The van der Waals surface area contributed by atoms with Gasteiger partial charge in [-0.15, -0.1) is 0 Å². The lowest BCUT2D eigenvalue weighted by atomic mass is 10.0. The Morgan fingerprint density at radius 1 is 0.848 bits per heavy atom. The number of anilines is 1. The van der Waals surface area contributed by atoms with E-state index in [0.29, 0.717) is 17.1 Å². The molecule has 3 aromatic carbocycles. The Balaban J connectivity index is 1.84. The third kappa shape index (κ3) is 4.05. The molecule has 168 valence electrons. The summed E-state index contributed by atoms with van der Waals surface area (Å²) in [6.45, 7) is -0.173. The van der Waals surface area contributed by atoms with Crippen LogP contribution in [0.25, 0.3) is 5.57 Å². The number of imide groups is 1. The van der Waals surface area contributed by atoms with Gasteiger partial charge in [0.1, 0.15) is 11.5 Å². The molecule has 4 rings (SSSR count). The van der Waals surface area contributed by atoms with Crippen molar-refractivity contribution in [3.8, 4) is 11.5 Å². The zero-order valence-corrected chi connectivity index (χ0v) is 18.5. The Labute approximate surface area is 191 Å². The van der Waals surface area contributed by atoms with Gasteiger partial charge < -0.3 is 14.4 Å². The zero-order valence-electron chi connectivity index (χ0n) is 18.5. The van der Waals surface area contributed by atoms with E-state index < -0.39 is 17.6 Å². The maximum atomic E-state index is 14.3. The second-order valence-corrected chi connectivity index (χ2v) is 7.48. The van der Waals surface area contributed by atoms with Crippen molar-refractivity contribution in [2.24, 2.45) is 0 Å². The van der Waals surface area contributed by atoms with Gasteiger partial charge in [0.2, 0.25) is 0 Å². The van der Waals surface area contributed by atoms with E-state index in [9.17, 15) is 14.0 Å². The molecule has 33 heavy (non-hydrogen) atoms. The SMILES string of the molecule is COc1ccc(C2=C(N(C)c3ccccc3)C(=O)N(Cc3ccccc3F)C2=O)cc1OC. The molecule has 0 N–H and O–H groups in total. The molecule has 0 unspecified atom stereocenters. The highest BCUT2D eigenvalue weighted by molar-refractivity contribution is 6.36. The highest BCUT2D eigenvalue weighted by Crippen LogP contribution is 2.37. The third-order valence-electron chi connectivity index (χ3n) is 5.58. The topological polar surface area (TPSA) is 59.1 Å². The molecule has 1 aliphatic rings. The molecular weight excluding hydrogens is 423 g/mol. The van der Waals surface area contributed by atoms with E-state index >= 15 is 0 Å². The summed E-state index contributed by atoms with van der Waals surface area (Å²) in [5.41, 5.74) is 1.91. The lowest BCUT2D eigenvalue weighted by Gasteiger charge is -2.21. The van der Waals surface area contributed by atoms with Crippen LogP contribution in [0, 0.1) is 5.82 Å². The summed E-state index contributed by atoms with van der Waals surface area (Å²) in [7, 11) is 4.74. The van der Waals surface area contributed by atoms with Crippen LogP contribution in [0.5, 0.6) is 11.5 Å². The average molecular weight is 446 g/mol. The summed E-state index contributed by atoms with van der Waals surface area (Å²) >= 11 is 0. The Morgan fingerprint density at radius 3 is 2.18 bits per heavy atom. The van der Waals surface area contributed by atoms with Crippen molar-refractivity contribution in [1.29, 1.82) is 0 Å². The van der Waals surface area contributed by atoms with Crippen LogP contribution in [0.1, 0.15) is 11.1 Å². The van der Waals surface area contributed by atoms with E-state index in [4.69, 9.17) is 9.47 Å². The summed E-state index contributed by atoms with van der Waals surface area (Å²) < 4.78 is 25.0. The van der Waals surface area contributed by atoms with Gasteiger partial charge >= 0.3 is 0 Å². The van der Waals surface area contributed by atoms with Crippen LogP contribution >= 0.6 is 0 Å². The summed E-state index contributed by atoms with van der Waals surface area (Å²) in [5.74, 6) is -0.555. The van der Waals surface area contributed by atoms with Gasteiger partial charge in [-0.2, -0.15) is 0 Å². The normalized spacial score (nSPS) is 13.5. The number of likely N-dealkylation sites (N-methyl/N-ethyl adjacent to an activating group) is 1. The maximum absolute atomic E-state index is 14.3. The molecular formula is C26H23FN2O4. The van der Waals surface area contributed by atoms with E-state index in [2.05, 4.69) is 0 Å². The first-order chi connectivity index (χ1) is 16.0. The highest BCUT2D eigenvalue weighted by Gasteiger charge is 2.41. The number of halogens is 1. The minimum absolute atomic E-state index is 0.173. The van der Waals surface area contributed by atoms with Crippen LogP contribution in [0.15, 0.2) is 78.5 Å². The number of benzene rings is 3. The number of rotatable bonds is 7. The van der Waals surface area contributed by atoms with Crippen LogP contribution in [-0.4, -0.2) is 38.0 Å². The monoisotopic (exact) mass is 446 g/mol. The molecule has 0 aromatic heterocycles. The molecule has 0 radical (unpaired) electrons. The minimum Gasteiger partial charge on any atom is -0.493 e. The molecule has 2 amide bonds. The smallest absolute Gasteiger partial charge is 0.278 e.